The third-order valence-corrected chi connectivity index (χ3v) is 10.8. The van der Waals surface area contributed by atoms with Gasteiger partial charge in [-0.2, -0.15) is 0 Å². The summed E-state index contributed by atoms with van der Waals surface area (Å²) in [4.78, 5) is 20.8. The van der Waals surface area contributed by atoms with Gasteiger partial charge < -0.3 is 10.2 Å². The smallest absolute Gasteiger partial charge is 0.254 e. The van der Waals surface area contributed by atoms with Gasteiger partial charge in [0.2, 0.25) is 0 Å². The summed E-state index contributed by atoms with van der Waals surface area (Å²) in [5, 5.41) is 4.29. The van der Waals surface area contributed by atoms with Crippen molar-refractivity contribution in [3.8, 4) is 0 Å². The second-order valence-corrected chi connectivity index (χ2v) is 14.5. The van der Waals surface area contributed by atoms with Crippen LogP contribution in [0.5, 0.6) is 0 Å². The van der Waals surface area contributed by atoms with Crippen LogP contribution in [0.2, 0.25) is 5.02 Å². The van der Waals surface area contributed by atoms with Gasteiger partial charge in [-0.1, -0.05) is 55.3 Å². The Morgan fingerprint density at radius 3 is 2.49 bits per heavy atom. The molecule has 1 aliphatic carbocycles. The Bertz CT molecular complexity index is 1310. The lowest BCUT2D eigenvalue weighted by Gasteiger charge is -2.43. The van der Waals surface area contributed by atoms with E-state index in [-0.39, 0.29) is 5.91 Å². The largest absolute Gasteiger partial charge is 0.330 e. The maximum absolute atomic E-state index is 13.1. The number of nitrogens with one attached hydrogen (secondary N) is 1. The molecule has 0 aromatic heterocycles. The maximum atomic E-state index is 13.1. The lowest BCUT2D eigenvalue weighted by Crippen LogP contribution is -2.53. The van der Waals surface area contributed by atoms with E-state index >= 15 is 0 Å². The average molecular weight is 573 g/mol. The number of hydrogen-bond acceptors (Lipinski definition) is 4. The molecule has 4 aliphatic heterocycles. The summed E-state index contributed by atoms with van der Waals surface area (Å²) >= 11 is 6.24. The Morgan fingerprint density at radius 2 is 1.76 bits per heavy atom. The monoisotopic (exact) mass is 572 g/mol. The van der Waals surface area contributed by atoms with Crippen LogP contribution in [-0.4, -0.2) is 71.5 Å². The maximum Gasteiger partial charge on any atom is 0.254 e. The van der Waals surface area contributed by atoms with Gasteiger partial charge in [-0.15, -0.1) is 0 Å². The zero-order valence-corrected chi connectivity index (χ0v) is 25.6. The molecule has 3 saturated heterocycles. The van der Waals surface area contributed by atoms with Crippen LogP contribution in [0.3, 0.4) is 0 Å². The first kappa shape index (κ1) is 27.6. The Labute approximate surface area is 250 Å². The van der Waals surface area contributed by atoms with Crippen molar-refractivity contribution in [2.45, 2.75) is 90.0 Å². The Hall–Kier alpha value is -2.18. The number of fused-ring (bicyclic) bond motifs is 3. The third-order valence-electron chi connectivity index (χ3n) is 10.6. The van der Waals surface area contributed by atoms with Crippen molar-refractivity contribution in [3.63, 3.8) is 0 Å². The Kier molecular flexibility index (Phi) is 7.52. The molecule has 5 aliphatic rings. The van der Waals surface area contributed by atoms with Gasteiger partial charge in [-0.05, 0) is 97.4 Å². The number of piperidine rings is 1. The normalized spacial score (nSPS) is 28.4. The van der Waals surface area contributed by atoms with Crippen LogP contribution in [0.15, 0.2) is 48.0 Å². The number of likely N-dealkylation sites (tertiary alicyclic amines) is 1. The Balaban J connectivity index is 1.03. The van der Waals surface area contributed by atoms with Crippen LogP contribution >= 0.6 is 11.6 Å². The molecule has 1 amide bonds. The van der Waals surface area contributed by atoms with E-state index in [0.717, 1.165) is 75.7 Å². The third kappa shape index (κ3) is 5.63. The van der Waals surface area contributed by atoms with E-state index < -0.39 is 0 Å². The highest BCUT2D eigenvalue weighted by Crippen LogP contribution is 2.44. The lowest BCUT2D eigenvalue weighted by atomic mass is 9.72. The summed E-state index contributed by atoms with van der Waals surface area (Å²) in [5.74, 6) is 0.227. The van der Waals surface area contributed by atoms with Crippen LogP contribution in [0.4, 0.5) is 0 Å². The molecule has 41 heavy (non-hydrogen) atoms. The molecule has 3 fully saturated rings. The number of carbonyl (C=O) groups is 1. The highest BCUT2D eigenvalue weighted by molar-refractivity contribution is 6.30. The van der Waals surface area contributed by atoms with Crippen molar-refractivity contribution in [2.75, 3.05) is 32.7 Å². The molecule has 3 unspecified atom stereocenters. The molecular weight excluding hydrogens is 528 g/mol. The van der Waals surface area contributed by atoms with E-state index in [1.54, 1.807) is 11.1 Å². The number of rotatable bonds is 6. The molecule has 0 saturated carbocycles. The molecular formula is C35H45ClN4O. The summed E-state index contributed by atoms with van der Waals surface area (Å²) in [7, 11) is 0. The number of nitrogens with zero attached hydrogens (tertiary/aromatic N) is 3. The number of carbonyl (C=O) groups excluding carboxylic acids is 1. The van der Waals surface area contributed by atoms with E-state index in [4.69, 9.17) is 11.6 Å². The van der Waals surface area contributed by atoms with Gasteiger partial charge >= 0.3 is 0 Å². The molecule has 4 heterocycles. The van der Waals surface area contributed by atoms with Crippen LogP contribution < -0.4 is 5.32 Å². The standard InChI is InChI=1S/C35H45ClN4O/c1-35(2)14-13-26(33(17-35)25-6-8-28(36)9-7-25)20-39-30-10-11-31(39)23-38(22-30)19-24-5-12-32-27(16-24)21-40(34(32)41)29-4-3-15-37-18-29/h5-9,12,16,29-31,37H,3-4,10-11,13-15,17-23H2,1-2H3. The summed E-state index contributed by atoms with van der Waals surface area (Å²) in [6.45, 7) is 12.0. The van der Waals surface area contributed by atoms with E-state index in [9.17, 15) is 4.79 Å². The van der Waals surface area contributed by atoms with Crippen molar-refractivity contribution in [3.05, 3.63) is 75.3 Å². The molecule has 218 valence electrons. The predicted octanol–water partition coefficient (Wildman–Crippen LogP) is 6.36. The first-order valence-electron chi connectivity index (χ1n) is 15.9. The second-order valence-electron chi connectivity index (χ2n) is 14.1. The van der Waals surface area contributed by atoms with Crippen LogP contribution in [-0.2, 0) is 13.1 Å². The molecule has 5 nitrogen and oxygen atoms in total. The zero-order valence-electron chi connectivity index (χ0n) is 24.8. The molecule has 1 N–H and O–H groups in total. The van der Waals surface area contributed by atoms with Crippen LogP contribution in [0.1, 0.15) is 85.8 Å². The summed E-state index contributed by atoms with van der Waals surface area (Å²) in [6, 6.07) is 16.8. The molecule has 2 aromatic rings. The minimum Gasteiger partial charge on any atom is -0.330 e. The van der Waals surface area contributed by atoms with E-state index in [1.807, 2.05) is 12.1 Å². The second kappa shape index (κ2) is 11.1. The minimum atomic E-state index is 0.227. The number of benzene rings is 2. The molecule has 2 aromatic carbocycles. The average Bonchev–Trinajstić information content (AvgIpc) is 3.41. The van der Waals surface area contributed by atoms with Gasteiger partial charge in [0.15, 0.2) is 0 Å². The van der Waals surface area contributed by atoms with Crippen molar-refractivity contribution in [2.24, 2.45) is 5.41 Å². The first-order valence-corrected chi connectivity index (χ1v) is 16.3. The number of halogens is 1. The highest BCUT2D eigenvalue weighted by atomic mass is 35.5. The fourth-order valence-corrected chi connectivity index (χ4v) is 8.42. The molecule has 0 radical (unpaired) electrons. The fraction of sp³-hybridized carbons (Fsp3) is 0.571. The molecule has 2 bridgehead atoms. The highest BCUT2D eigenvalue weighted by Gasteiger charge is 2.41. The lowest BCUT2D eigenvalue weighted by molar-refractivity contribution is 0.0674. The number of allylic oxidation sites excluding steroid dienone is 1. The predicted molar refractivity (Wildman–Crippen MR) is 167 cm³/mol. The zero-order chi connectivity index (χ0) is 28.1. The Morgan fingerprint density at radius 1 is 0.976 bits per heavy atom. The topological polar surface area (TPSA) is 38.8 Å². The molecule has 0 spiro atoms. The van der Waals surface area contributed by atoms with E-state index in [0.29, 0.717) is 23.5 Å². The van der Waals surface area contributed by atoms with Crippen LogP contribution in [0, 0.1) is 5.41 Å². The van der Waals surface area contributed by atoms with Gasteiger partial charge in [0.05, 0.1) is 0 Å². The van der Waals surface area contributed by atoms with Crippen LogP contribution in [0.25, 0.3) is 5.57 Å². The quantitative estimate of drug-likeness (QED) is 0.437. The number of piperazine rings is 1. The fourth-order valence-electron chi connectivity index (χ4n) is 8.30. The molecule has 3 atom stereocenters. The number of hydrogen-bond donors (Lipinski definition) is 1. The van der Waals surface area contributed by atoms with Gasteiger partial charge in [0, 0.05) is 68.0 Å². The summed E-state index contributed by atoms with van der Waals surface area (Å²) in [6.07, 6.45) is 8.49. The molecule has 6 heteroatoms. The van der Waals surface area contributed by atoms with Crippen molar-refractivity contribution in [1.82, 2.24) is 20.0 Å². The van der Waals surface area contributed by atoms with Crippen molar-refractivity contribution < 1.29 is 4.79 Å². The van der Waals surface area contributed by atoms with Gasteiger partial charge in [0.25, 0.3) is 5.91 Å². The summed E-state index contributed by atoms with van der Waals surface area (Å²) in [5.41, 5.74) is 8.42. The minimum absolute atomic E-state index is 0.227. The van der Waals surface area contributed by atoms with Gasteiger partial charge in [-0.25, -0.2) is 0 Å². The first-order chi connectivity index (χ1) is 19.8. The SMILES string of the molecule is CC1(C)CCC(CN2C3CCC2CN(Cc2ccc4c(c2)CN(C2CCCNC2)C4=O)C3)=C(c2ccc(Cl)cc2)C1. The van der Waals surface area contributed by atoms with Crippen molar-refractivity contribution in [1.29, 1.82) is 0 Å². The summed E-state index contributed by atoms with van der Waals surface area (Å²) < 4.78 is 0. The molecule has 7 rings (SSSR count). The number of amides is 1. The van der Waals surface area contributed by atoms with Crippen molar-refractivity contribution >= 4 is 23.1 Å². The van der Waals surface area contributed by atoms with Gasteiger partial charge in [0.1, 0.15) is 0 Å². The van der Waals surface area contributed by atoms with E-state index in [1.165, 1.54) is 42.4 Å². The van der Waals surface area contributed by atoms with E-state index in [2.05, 4.69) is 64.2 Å². The van der Waals surface area contributed by atoms with Gasteiger partial charge in [-0.3, -0.25) is 14.6 Å².